The minimum atomic E-state index is -1.09. The van der Waals surface area contributed by atoms with Gasteiger partial charge in [0.25, 0.3) is 0 Å². The van der Waals surface area contributed by atoms with E-state index in [1.165, 1.54) is 12.3 Å². The lowest BCUT2D eigenvalue weighted by molar-refractivity contribution is -0.142. The standard InChI is InChI=1S/C18H19NO5/c1-3-11(2)16(18(22)23)19-15(20)9-8-12-10-24-14-7-5-4-6-13(14)17(12)21/h4-11,16H,3H2,1-2H3,(H,19,20)(H,22,23)/b9-8+. The average Bonchev–Trinajstić information content (AvgIpc) is 2.58. The van der Waals surface area contributed by atoms with Crippen molar-refractivity contribution in [1.82, 2.24) is 5.32 Å². The van der Waals surface area contributed by atoms with Gasteiger partial charge in [-0.3, -0.25) is 9.59 Å². The number of carbonyl (C=O) groups is 2. The molecule has 0 spiro atoms. The maximum Gasteiger partial charge on any atom is 0.326 e. The summed E-state index contributed by atoms with van der Waals surface area (Å²) in [6, 6.07) is 5.83. The lowest BCUT2D eigenvalue weighted by Crippen LogP contribution is -2.44. The largest absolute Gasteiger partial charge is 0.480 e. The second kappa shape index (κ2) is 7.59. The molecule has 0 aliphatic heterocycles. The molecule has 2 rings (SSSR count). The molecule has 0 bridgehead atoms. The molecule has 24 heavy (non-hydrogen) atoms. The number of rotatable bonds is 6. The Hall–Kier alpha value is -2.89. The van der Waals surface area contributed by atoms with E-state index in [1.54, 1.807) is 31.2 Å². The summed E-state index contributed by atoms with van der Waals surface area (Å²) < 4.78 is 5.35. The highest BCUT2D eigenvalue weighted by molar-refractivity contribution is 5.94. The van der Waals surface area contributed by atoms with Gasteiger partial charge in [0, 0.05) is 6.08 Å². The van der Waals surface area contributed by atoms with Crippen molar-refractivity contribution in [3.63, 3.8) is 0 Å². The number of fused-ring (bicyclic) bond motifs is 1. The van der Waals surface area contributed by atoms with Crippen LogP contribution in [-0.4, -0.2) is 23.0 Å². The van der Waals surface area contributed by atoms with Gasteiger partial charge < -0.3 is 14.8 Å². The Morgan fingerprint density at radius 3 is 2.71 bits per heavy atom. The van der Waals surface area contributed by atoms with Crippen LogP contribution in [0.1, 0.15) is 25.8 Å². The van der Waals surface area contributed by atoms with E-state index in [4.69, 9.17) is 9.52 Å². The first-order chi connectivity index (χ1) is 11.4. The van der Waals surface area contributed by atoms with Gasteiger partial charge in [0.1, 0.15) is 17.9 Å². The minimum Gasteiger partial charge on any atom is -0.480 e. The number of para-hydroxylation sites is 1. The smallest absolute Gasteiger partial charge is 0.326 e. The number of amides is 1. The summed E-state index contributed by atoms with van der Waals surface area (Å²) in [5, 5.41) is 12.0. The van der Waals surface area contributed by atoms with Crippen molar-refractivity contribution in [2.24, 2.45) is 5.92 Å². The van der Waals surface area contributed by atoms with E-state index in [1.807, 2.05) is 6.92 Å². The van der Waals surface area contributed by atoms with Crippen LogP contribution in [0.5, 0.6) is 0 Å². The molecule has 2 atom stereocenters. The molecule has 2 unspecified atom stereocenters. The van der Waals surface area contributed by atoms with Crippen LogP contribution in [0.15, 0.2) is 45.8 Å². The molecule has 0 radical (unpaired) electrons. The molecule has 2 N–H and O–H groups in total. The average molecular weight is 329 g/mol. The van der Waals surface area contributed by atoms with Crippen LogP contribution in [0.3, 0.4) is 0 Å². The Labute approximate surface area is 138 Å². The van der Waals surface area contributed by atoms with E-state index in [-0.39, 0.29) is 16.9 Å². The maximum absolute atomic E-state index is 12.3. The molecule has 6 nitrogen and oxygen atoms in total. The number of aliphatic carboxylic acids is 1. The van der Waals surface area contributed by atoms with Crippen LogP contribution in [0.4, 0.5) is 0 Å². The summed E-state index contributed by atoms with van der Waals surface area (Å²) in [5.74, 6) is -1.86. The van der Waals surface area contributed by atoms with E-state index >= 15 is 0 Å². The molecule has 2 aromatic rings. The fraction of sp³-hybridized carbons (Fsp3) is 0.278. The minimum absolute atomic E-state index is 0.203. The summed E-state index contributed by atoms with van der Waals surface area (Å²) in [7, 11) is 0. The van der Waals surface area contributed by atoms with Gasteiger partial charge in [-0.15, -0.1) is 0 Å². The Morgan fingerprint density at radius 2 is 2.04 bits per heavy atom. The highest BCUT2D eigenvalue weighted by Gasteiger charge is 2.24. The Balaban J connectivity index is 2.18. The lowest BCUT2D eigenvalue weighted by Gasteiger charge is -2.19. The number of benzene rings is 1. The lowest BCUT2D eigenvalue weighted by atomic mass is 9.99. The SMILES string of the molecule is CCC(C)C(NC(=O)/C=C/c1coc2ccccc2c1=O)C(=O)O. The molecule has 0 aliphatic rings. The van der Waals surface area contributed by atoms with E-state index in [2.05, 4.69) is 5.32 Å². The monoisotopic (exact) mass is 329 g/mol. The van der Waals surface area contributed by atoms with Crippen molar-refractivity contribution in [1.29, 1.82) is 0 Å². The second-order valence-electron chi connectivity index (χ2n) is 5.56. The molecule has 6 heteroatoms. The molecule has 1 aromatic heterocycles. The van der Waals surface area contributed by atoms with Crippen molar-refractivity contribution >= 4 is 28.9 Å². The highest BCUT2D eigenvalue weighted by atomic mass is 16.4. The molecule has 126 valence electrons. The summed E-state index contributed by atoms with van der Waals surface area (Å²) >= 11 is 0. The molecule has 1 amide bonds. The molecular weight excluding hydrogens is 310 g/mol. The van der Waals surface area contributed by atoms with E-state index in [9.17, 15) is 14.4 Å². The molecular formula is C18H19NO5. The molecule has 0 aliphatic carbocycles. The van der Waals surface area contributed by atoms with Crippen molar-refractivity contribution in [2.75, 3.05) is 0 Å². The van der Waals surface area contributed by atoms with Crippen LogP contribution in [0.2, 0.25) is 0 Å². The molecule has 1 aromatic carbocycles. The van der Waals surface area contributed by atoms with Crippen molar-refractivity contribution in [2.45, 2.75) is 26.3 Å². The number of nitrogens with one attached hydrogen (secondary N) is 1. The number of carboxylic acid groups (broad SMARTS) is 1. The van der Waals surface area contributed by atoms with Gasteiger partial charge in [0.2, 0.25) is 5.91 Å². The molecule has 0 saturated carbocycles. The maximum atomic E-state index is 12.3. The van der Waals surface area contributed by atoms with E-state index in [0.29, 0.717) is 17.4 Å². The van der Waals surface area contributed by atoms with Crippen molar-refractivity contribution in [3.8, 4) is 0 Å². The van der Waals surface area contributed by atoms with Crippen LogP contribution >= 0.6 is 0 Å². The van der Waals surface area contributed by atoms with Gasteiger partial charge in [-0.1, -0.05) is 32.4 Å². The predicted molar refractivity (Wildman–Crippen MR) is 90.5 cm³/mol. The summed E-state index contributed by atoms with van der Waals surface area (Å²) in [5.41, 5.74) is 0.434. The summed E-state index contributed by atoms with van der Waals surface area (Å²) in [4.78, 5) is 35.4. The first-order valence-electron chi connectivity index (χ1n) is 7.66. The molecule has 0 saturated heterocycles. The van der Waals surface area contributed by atoms with Gasteiger partial charge in [-0.05, 0) is 24.1 Å². The van der Waals surface area contributed by atoms with Crippen molar-refractivity contribution < 1.29 is 19.1 Å². The first-order valence-corrected chi connectivity index (χ1v) is 7.66. The zero-order valence-electron chi connectivity index (χ0n) is 13.5. The van der Waals surface area contributed by atoms with Gasteiger partial charge in [0.05, 0.1) is 10.9 Å². The van der Waals surface area contributed by atoms with E-state index < -0.39 is 17.9 Å². The Bertz CT molecular complexity index is 837. The van der Waals surface area contributed by atoms with E-state index in [0.717, 1.165) is 6.08 Å². The zero-order valence-corrected chi connectivity index (χ0v) is 13.5. The predicted octanol–water partition coefficient (Wildman–Crippen LogP) is 2.42. The fourth-order valence-corrected chi connectivity index (χ4v) is 2.26. The zero-order chi connectivity index (χ0) is 17.7. The van der Waals surface area contributed by atoms with Gasteiger partial charge in [0.15, 0.2) is 5.43 Å². The highest BCUT2D eigenvalue weighted by Crippen LogP contribution is 2.11. The number of hydrogen-bond acceptors (Lipinski definition) is 4. The second-order valence-corrected chi connectivity index (χ2v) is 5.56. The summed E-state index contributed by atoms with van der Waals surface area (Å²) in [6.45, 7) is 3.60. The topological polar surface area (TPSA) is 96.6 Å². The van der Waals surface area contributed by atoms with Crippen LogP contribution in [-0.2, 0) is 9.59 Å². The third kappa shape index (κ3) is 3.90. The Kier molecular flexibility index (Phi) is 5.52. The molecule has 0 fully saturated rings. The number of carboxylic acids is 1. The number of hydrogen-bond donors (Lipinski definition) is 2. The van der Waals surface area contributed by atoms with Gasteiger partial charge in [-0.2, -0.15) is 0 Å². The van der Waals surface area contributed by atoms with Crippen molar-refractivity contribution in [3.05, 3.63) is 52.4 Å². The third-order valence-corrected chi connectivity index (χ3v) is 3.90. The number of carbonyl (C=O) groups excluding carboxylic acids is 1. The first kappa shape index (κ1) is 17.5. The van der Waals surface area contributed by atoms with Crippen LogP contribution in [0, 0.1) is 5.92 Å². The third-order valence-electron chi connectivity index (χ3n) is 3.90. The van der Waals surface area contributed by atoms with Crippen LogP contribution < -0.4 is 10.7 Å². The Morgan fingerprint density at radius 1 is 1.33 bits per heavy atom. The normalized spacial score (nSPS) is 13.8. The molecule has 1 heterocycles. The van der Waals surface area contributed by atoms with Gasteiger partial charge in [-0.25, -0.2) is 4.79 Å². The summed E-state index contributed by atoms with van der Waals surface area (Å²) in [6.07, 6.45) is 4.36. The van der Waals surface area contributed by atoms with Crippen LogP contribution in [0.25, 0.3) is 17.0 Å². The quantitative estimate of drug-likeness (QED) is 0.793. The van der Waals surface area contributed by atoms with Gasteiger partial charge >= 0.3 is 5.97 Å². The fourth-order valence-electron chi connectivity index (χ4n) is 2.26.